The van der Waals surface area contributed by atoms with Crippen LogP contribution >= 0.6 is 0 Å². The monoisotopic (exact) mass is 159 g/mol. The van der Waals surface area contributed by atoms with Gasteiger partial charge < -0.3 is 5.11 Å². The zero-order valence-corrected chi connectivity index (χ0v) is 4.89. The first-order valence-corrected chi connectivity index (χ1v) is 2.20. The minimum atomic E-state index is -4.26. The van der Waals surface area contributed by atoms with E-state index in [9.17, 15) is 4.79 Å². The summed E-state index contributed by atoms with van der Waals surface area (Å²) in [5.41, 5.74) is 0. The summed E-state index contributed by atoms with van der Waals surface area (Å²) < 4.78 is 110. The van der Waals surface area contributed by atoms with Crippen molar-refractivity contribution in [2.75, 3.05) is 0 Å². The van der Waals surface area contributed by atoms with E-state index in [4.69, 9.17) is 20.6 Å². The Bertz CT molecular complexity index is 508. The topological polar surface area (TPSA) is 37.3 Å². The van der Waals surface area contributed by atoms with Gasteiger partial charge in [-0.15, -0.1) is 0 Å². The van der Waals surface area contributed by atoms with Gasteiger partial charge in [0.2, 0.25) is 0 Å². The molecule has 0 saturated heterocycles. The van der Waals surface area contributed by atoms with Crippen LogP contribution in [0, 0.1) is 5.89 Å². The van der Waals surface area contributed by atoms with Crippen molar-refractivity contribution >= 4 is 5.97 Å². The second kappa shape index (κ2) is 5.27. The fourth-order valence-electron chi connectivity index (χ4n) is 0.240. The summed E-state index contributed by atoms with van der Waals surface area (Å²) in [6, 6.07) is 0. The fourth-order valence-corrected chi connectivity index (χ4v) is 0.240. The van der Waals surface area contributed by atoms with E-state index in [1.54, 1.807) is 0 Å². The van der Waals surface area contributed by atoms with Gasteiger partial charge in [0.05, 0.1) is 5.89 Å². The van der Waals surface area contributed by atoms with E-state index in [1.165, 1.54) is 0 Å². The van der Waals surface area contributed by atoms with Crippen LogP contribution in [0.5, 0.6) is 0 Å². The molecule has 0 aliphatic carbocycles. The zero-order valence-electron chi connectivity index (χ0n) is 19.9. The average molecular weight is 159 g/mol. The molecule has 0 radical (unpaired) electrons. The molecule has 0 aromatic rings. The van der Waals surface area contributed by atoms with Gasteiger partial charge in [-0.1, -0.05) is 26.5 Å². The third-order valence-electron chi connectivity index (χ3n) is 0.598. The highest BCUT2D eigenvalue weighted by molar-refractivity contribution is 5.69. The van der Waals surface area contributed by atoms with E-state index in [-0.39, 0.29) is 0 Å². The number of rotatable bonds is 5. The van der Waals surface area contributed by atoms with Crippen molar-refractivity contribution in [1.29, 1.82) is 1.43 Å². The van der Waals surface area contributed by atoms with Crippen molar-refractivity contribution in [3.63, 3.8) is 0 Å². The lowest BCUT2D eigenvalue weighted by Gasteiger charge is -2.06. The Morgan fingerprint density at radius 3 is 3.60 bits per heavy atom. The minimum Gasteiger partial charge on any atom is -0.481 e. The van der Waals surface area contributed by atoms with Crippen molar-refractivity contribution < 1.29 is 29.1 Å². The molecular formula is C8H16O2. The Balaban J connectivity index is 6.80. The normalized spacial score (nSPS) is 45.1. The molecule has 0 fully saturated rings. The van der Waals surface area contributed by atoms with E-state index >= 15 is 0 Å². The van der Waals surface area contributed by atoms with Gasteiger partial charge in [-0.25, -0.2) is 0 Å². The number of hydrogen-bond donors (Lipinski definition) is 1. The van der Waals surface area contributed by atoms with Crippen molar-refractivity contribution in [3.8, 4) is 0 Å². The molecule has 0 spiro atoms. The lowest BCUT2D eigenvalue weighted by atomic mass is 10.00. The number of carboxylic acids is 1. The average Bonchev–Trinajstić information content (AvgIpc) is 2.42. The van der Waals surface area contributed by atoms with Gasteiger partial charge in [-0.05, 0) is 12.7 Å². The minimum absolute atomic E-state index is 2.35. The number of hydrogen-bond acceptors (Lipinski definition) is 2. The zero-order chi connectivity index (χ0) is 20.9. The second-order valence-electron chi connectivity index (χ2n) is 1.18. The maximum atomic E-state index is 11.8. The molecule has 0 aromatic carbocycles. The molecule has 0 saturated carbocycles. The maximum absolute atomic E-state index is 11.8. The molecule has 1 N–H and O–H groups in total. The lowest BCUT2D eigenvalue weighted by Crippen LogP contribution is -2.11. The summed E-state index contributed by atoms with van der Waals surface area (Å²) in [6.45, 7) is -6.53. The predicted molar refractivity (Wildman–Crippen MR) is 40.9 cm³/mol. The first-order valence-electron chi connectivity index (χ1n) is 9.76. The third kappa shape index (κ3) is 3.49. The van der Waals surface area contributed by atoms with Crippen molar-refractivity contribution in [2.24, 2.45) is 5.89 Å². The maximum Gasteiger partial charge on any atom is 0.306 e. The SMILES string of the molecule is [2H]OC(=O)C([2H])(C([2H])([2H])C([2H])[2H])C([2H])([2H])C([2H])([2H])C([2H])([2H])C([2H])([2H])[2H]. The number of aliphatic carboxylic acids is 1. The van der Waals surface area contributed by atoms with Gasteiger partial charge in [-0.3, -0.25) is 4.79 Å². The van der Waals surface area contributed by atoms with Gasteiger partial charge in [0.25, 0.3) is 1.43 Å². The predicted octanol–water partition coefficient (Wildman–Crippen LogP) is 2.29. The van der Waals surface area contributed by atoms with Crippen LogP contribution in [0.3, 0.4) is 0 Å². The van der Waals surface area contributed by atoms with Crippen molar-refractivity contribution in [3.05, 3.63) is 0 Å². The molecule has 0 rings (SSSR count). The van der Waals surface area contributed by atoms with Crippen LogP contribution in [-0.2, 0) is 4.79 Å². The van der Waals surface area contributed by atoms with Crippen LogP contribution in [0.25, 0.3) is 1.43 Å². The molecule has 0 aromatic heterocycles. The Labute approximate surface area is 83.4 Å². The molecule has 60 valence electrons. The molecule has 0 aliphatic heterocycles. The molecule has 0 amide bonds. The first-order chi connectivity index (χ1) is 10.7. The van der Waals surface area contributed by atoms with Crippen molar-refractivity contribution in [1.82, 2.24) is 0 Å². The quantitative estimate of drug-likeness (QED) is 0.668. The fraction of sp³-hybridized carbons (Fsp3) is 0.875. The Morgan fingerprint density at radius 1 is 2.10 bits per heavy atom. The Kier molecular flexibility index (Phi) is 0.650. The number of carbonyl (C=O) groups is 1. The number of carboxylic acid groups (broad SMARTS) is 1. The molecule has 0 aliphatic rings. The van der Waals surface area contributed by atoms with E-state index in [2.05, 4.69) is 5.11 Å². The van der Waals surface area contributed by atoms with E-state index in [1.807, 2.05) is 0 Å². The largest absolute Gasteiger partial charge is 0.481 e. The molecule has 2 heteroatoms. The van der Waals surface area contributed by atoms with Crippen LogP contribution in [0.15, 0.2) is 0 Å². The van der Waals surface area contributed by atoms with Crippen LogP contribution in [-0.4, -0.2) is 11.1 Å². The standard InChI is InChI=1S/C8H16O2/c1-3-5-6-7(4-2)8(9)10/h7H,3-6H2,1-2H3,(H,9,10)/i1D3,2D2,3D2,4D2,5D2,6D2,7D/hD. The molecule has 0 bridgehead atoms. The van der Waals surface area contributed by atoms with E-state index in [0.717, 1.165) is 0 Å². The highest BCUT2D eigenvalue weighted by Crippen LogP contribution is 2.11. The van der Waals surface area contributed by atoms with Crippen LogP contribution in [0.1, 0.15) is 58.4 Å². The van der Waals surface area contributed by atoms with E-state index < -0.39 is 51.1 Å². The molecule has 10 heavy (non-hydrogen) atoms. The van der Waals surface area contributed by atoms with Crippen LogP contribution in [0.4, 0.5) is 0 Å². The van der Waals surface area contributed by atoms with Gasteiger partial charge in [0.1, 0.15) is 0 Å². The summed E-state index contributed by atoms with van der Waals surface area (Å²) in [6.07, 6.45) is -16.3. The van der Waals surface area contributed by atoms with Gasteiger partial charge in [-0.2, -0.15) is 0 Å². The van der Waals surface area contributed by atoms with Crippen LogP contribution in [0.2, 0.25) is 0 Å². The summed E-state index contributed by atoms with van der Waals surface area (Å²) in [7, 11) is 0. The van der Waals surface area contributed by atoms with Gasteiger partial charge >= 0.3 is 5.97 Å². The van der Waals surface area contributed by atoms with Gasteiger partial charge in [0.15, 0.2) is 0 Å². The molecule has 2 nitrogen and oxygen atoms in total. The molecule has 0 heterocycles. The Morgan fingerprint density at radius 2 is 3.00 bits per heavy atom. The highest BCUT2D eigenvalue weighted by Gasteiger charge is 2.12. The van der Waals surface area contributed by atoms with E-state index in [0.29, 0.717) is 0 Å². The summed E-state index contributed by atoms with van der Waals surface area (Å²) in [5.74, 6) is -6.49. The summed E-state index contributed by atoms with van der Waals surface area (Å²) in [4.78, 5) is 11.8. The third-order valence-corrected chi connectivity index (χ3v) is 0.598. The molecule has 1 unspecified atom stereocenters. The lowest BCUT2D eigenvalue weighted by molar-refractivity contribution is -0.142. The van der Waals surface area contributed by atoms with Gasteiger partial charge in [0, 0.05) is 19.2 Å². The Hall–Kier alpha value is -0.530. The summed E-state index contributed by atoms with van der Waals surface area (Å²) in [5, 5.41) is 3.38. The second-order valence-corrected chi connectivity index (χ2v) is 1.18. The molecule has 1 atom stereocenters. The van der Waals surface area contributed by atoms with Crippen molar-refractivity contribution in [2.45, 2.75) is 39.2 Å². The molecular weight excluding hydrogens is 128 g/mol. The smallest absolute Gasteiger partial charge is 0.306 e. The first kappa shape index (κ1) is 1.23. The van der Waals surface area contributed by atoms with Crippen LogP contribution < -0.4 is 0 Å². The highest BCUT2D eigenvalue weighted by atomic mass is 16.4. The summed E-state index contributed by atoms with van der Waals surface area (Å²) >= 11 is 0.